The maximum atomic E-state index is 12.9. The molecule has 6 heteroatoms. The van der Waals surface area contributed by atoms with Crippen molar-refractivity contribution in [2.75, 3.05) is 40.5 Å². The molecule has 6 nitrogen and oxygen atoms in total. The quantitative estimate of drug-likeness (QED) is 0.839. The highest BCUT2D eigenvalue weighted by Crippen LogP contribution is 2.29. The predicted molar refractivity (Wildman–Crippen MR) is 99.8 cm³/mol. The lowest BCUT2D eigenvalue weighted by Crippen LogP contribution is -2.53. The van der Waals surface area contributed by atoms with Crippen molar-refractivity contribution in [1.29, 1.82) is 0 Å². The Bertz CT molecular complexity index is 601. The number of ether oxygens (including phenoxy) is 3. The first kappa shape index (κ1) is 19.0. The first-order chi connectivity index (χ1) is 12.7. The largest absolute Gasteiger partial charge is 0.493 e. The maximum Gasteiger partial charge on any atom is 0.253 e. The zero-order chi connectivity index (χ0) is 18.4. The number of benzene rings is 1. The van der Waals surface area contributed by atoms with Crippen LogP contribution in [0.25, 0.3) is 0 Å². The van der Waals surface area contributed by atoms with Gasteiger partial charge >= 0.3 is 0 Å². The number of nitrogens with one attached hydrogen (secondary N) is 1. The number of carbonyl (C=O) groups excluding carboxylic acids is 1. The van der Waals surface area contributed by atoms with Crippen molar-refractivity contribution < 1.29 is 19.0 Å². The third kappa shape index (κ3) is 4.48. The Kier molecular flexibility index (Phi) is 6.74. The van der Waals surface area contributed by atoms with Crippen molar-refractivity contribution in [1.82, 2.24) is 10.2 Å². The van der Waals surface area contributed by atoms with E-state index in [1.807, 2.05) is 12.1 Å². The van der Waals surface area contributed by atoms with Gasteiger partial charge in [0, 0.05) is 25.7 Å². The molecule has 1 N–H and O–H groups in total. The van der Waals surface area contributed by atoms with E-state index in [0.29, 0.717) is 13.2 Å². The second kappa shape index (κ2) is 9.24. The Morgan fingerprint density at radius 2 is 2.12 bits per heavy atom. The van der Waals surface area contributed by atoms with Crippen molar-refractivity contribution in [3.8, 4) is 11.5 Å². The molecule has 0 aliphatic carbocycles. The minimum Gasteiger partial charge on any atom is -0.493 e. The molecule has 2 heterocycles. The number of nitrogens with zero attached hydrogens (tertiary/aromatic N) is 1. The SMILES string of the molecule is COc1ccc(CCC2CCCCN2C(=O)C2CNCCO2)cc1OC. The second-order valence-corrected chi connectivity index (χ2v) is 6.97. The molecule has 2 aliphatic rings. The van der Waals surface area contributed by atoms with E-state index in [1.165, 1.54) is 12.0 Å². The number of piperidine rings is 1. The van der Waals surface area contributed by atoms with Crippen LogP contribution in [0.5, 0.6) is 11.5 Å². The molecule has 0 radical (unpaired) electrons. The Balaban J connectivity index is 1.62. The fourth-order valence-corrected chi connectivity index (χ4v) is 3.87. The predicted octanol–water partition coefficient (Wildman–Crippen LogP) is 2.01. The van der Waals surface area contributed by atoms with E-state index in [2.05, 4.69) is 16.3 Å². The van der Waals surface area contributed by atoms with Gasteiger partial charge in [-0.2, -0.15) is 0 Å². The van der Waals surface area contributed by atoms with Crippen LogP contribution in [0.1, 0.15) is 31.2 Å². The van der Waals surface area contributed by atoms with Crippen molar-refractivity contribution in [2.24, 2.45) is 0 Å². The Morgan fingerprint density at radius 3 is 2.85 bits per heavy atom. The molecule has 144 valence electrons. The molecule has 0 aromatic heterocycles. The van der Waals surface area contributed by atoms with Crippen LogP contribution in [0.2, 0.25) is 0 Å². The third-order valence-corrected chi connectivity index (χ3v) is 5.33. The lowest BCUT2D eigenvalue weighted by atomic mass is 9.95. The van der Waals surface area contributed by atoms with Crippen molar-refractivity contribution in [2.45, 2.75) is 44.2 Å². The van der Waals surface area contributed by atoms with Gasteiger partial charge in [-0.15, -0.1) is 0 Å². The van der Waals surface area contributed by atoms with E-state index in [9.17, 15) is 4.79 Å². The lowest BCUT2D eigenvalue weighted by molar-refractivity contribution is -0.149. The highest BCUT2D eigenvalue weighted by Gasteiger charge is 2.32. The first-order valence-electron chi connectivity index (χ1n) is 9.56. The van der Waals surface area contributed by atoms with E-state index < -0.39 is 0 Å². The average Bonchev–Trinajstić information content (AvgIpc) is 2.72. The summed E-state index contributed by atoms with van der Waals surface area (Å²) in [6.07, 6.45) is 4.88. The standard InChI is InChI=1S/C20H30N2O4/c1-24-17-9-7-15(13-18(17)25-2)6-8-16-5-3-4-11-22(16)20(23)19-14-21-10-12-26-19/h7,9,13,16,19,21H,3-6,8,10-12,14H2,1-2H3. The number of hydrogen-bond acceptors (Lipinski definition) is 5. The molecule has 2 saturated heterocycles. The minimum absolute atomic E-state index is 0.147. The van der Waals surface area contributed by atoms with E-state index in [4.69, 9.17) is 14.2 Å². The third-order valence-electron chi connectivity index (χ3n) is 5.33. The highest BCUT2D eigenvalue weighted by molar-refractivity contribution is 5.81. The number of aryl methyl sites for hydroxylation is 1. The smallest absolute Gasteiger partial charge is 0.253 e. The van der Waals surface area contributed by atoms with Crippen molar-refractivity contribution in [3.63, 3.8) is 0 Å². The molecule has 1 aromatic rings. The molecule has 0 bridgehead atoms. The van der Waals surface area contributed by atoms with Gasteiger partial charge in [-0.3, -0.25) is 4.79 Å². The summed E-state index contributed by atoms with van der Waals surface area (Å²) < 4.78 is 16.4. The number of rotatable bonds is 6. The summed E-state index contributed by atoms with van der Waals surface area (Å²) >= 11 is 0. The summed E-state index contributed by atoms with van der Waals surface area (Å²) in [6.45, 7) is 2.90. The molecular formula is C20H30N2O4. The maximum absolute atomic E-state index is 12.9. The molecule has 1 aromatic carbocycles. The second-order valence-electron chi connectivity index (χ2n) is 6.97. The lowest BCUT2D eigenvalue weighted by Gasteiger charge is -2.38. The van der Waals surface area contributed by atoms with Crippen LogP contribution in [0, 0.1) is 0 Å². The Labute approximate surface area is 155 Å². The number of morpholine rings is 1. The van der Waals surface area contributed by atoms with Gasteiger partial charge in [0.2, 0.25) is 0 Å². The molecule has 26 heavy (non-hydrogen) atoms. The van der Waals surface area contributed by atoms with Crippen LogP contribution in [-0.2, 0) is 16.0 Å². The normalized spacial score (nSPS) is 23.5. The summed E-state index contributed by atoms with van der Waals surface area (Å²) in [5.41, 5.74) is 1.20. The molecule has 3 rings (SSSR count). The Hall–Kier alpha value is -1.79. The molecule has 1 amide bonds. The van der Waals surface area contributed by atoms with Gasteiger partial charge in [0.25, 0.3) is 5.91 Å². The van der Waals surface area contributed by atoms with Gasteiger partial charge in [0.15, 0.2) is 11.5 Å². The zero-order valence-corrected chi connectivity index (χ0v) is 15.8. The van der Waals surface area contributed by atoms with Crippen LogP contribution in [-0.4, -0.2) is 63.4 Å². The Morgan fingerprint density at radius 1 is 1.27 bits per heavy atom. The number of hydrogen-bond donors (Lipinski definition) is 1. The first-order valence-corrected chi connectivity index (χ1v) is 9.56. The van der Waals surface area contributed by atoms with Crippen LogP contribution in [0.4, 0.5) is 0 Å². The molecule has 2 fully saturated rings. The molecule has 0 spiro atoms. The van der Waals surface area contributed by atoms with E-state index in [0.717, 1.165) is 50.3 Å². The van der Waals surface area contributed by atoms with Crippen LogP contribution < -0.4 is 14.8 Å². The van der Waals surface area contributed by atoms with Gasteiger partial charge in [0.1, 0.15) is 6.10 Å². The molecule has 0 saturated carbocycles. The van der Waals surface area contributed by atoms with E-state index in [-0.39, 0.29) is 18.1 Å². The molecule has 2 aliphatic heterocycles. The van der Waals surface area contributed by atoms with Gasteiger partial charge < -0.3 is 24.4 Å². The summed E-state index contributed by atoms with van der Waals surface area (Å²) in [4.78, 5) is 14.9. The summed E-state index contributed by atoms with van der Waals surface area (Å²) in [7, 11) is 3.30. The molecule has 2 unspecified atom stereocenters. The zero-order valence-electron chi connectivity index (χ0n) is 15.8. The van der Waals surface area contributed by atoms with Gasteiger partial charge in [0.05, 0.1) is 20.8 Å². The van der Waals surface area contributed by atoms with Gasteiger partial charge in [-0.05, 0) is 49.8 Å². The van der Waals surface area contributed by atoms with Gasteiger partial charge in [-0.25, -0.2) is 0 Å². The van der Waals surface area contributed by atoms with E-state index >= 15 is 0 Å². The monoisotopic (exact) mass is 362 g/mol. The fraction of sp³-hybridized carbons (Fsp3) is 0.650. The van der Waals surface area contributed by atoms with Gasteiger partial charge in [-0.1, -0.05) is 6.07 Å². The number of methoxy groups -OCH3 is 2. The average molecular weight is 362 g/mol. The number of carbonyl (C=O) groups is 1. The minimum atomic E-state index is -0.328. The summed E-state index contributed by atoms with van der Waals surface area (Å²) in [6, 6.07) is 6.33. The molecule has 2 atom stereocenters. The van der Waals surface area contributed by atoms with Crippen molar-refractivity contribution in [3.05, 3.63) is 23.8 Å². The fourth-order valence-electron chi connectivity index (χ4n) is 3.87. The molecular weight excluding hydrogens is 332 g/mol. The number of likely N-dealkylation sites (tertiary alicyclic amines) is 1. The topological polar surface area (TPSA) is 60.0 Å². The highest BCUT2D eigenvalue weighted by atomic mass is 16.5. The van der Waals surface area contributed by atoms with E-state index in [1.54, 1.807) is 14.2 Å². The van der Waals surface area contributed by atoms with Crippen LogP contribution >= 0.6 is 0 Å². The van der Waals surface area contributed by atoms with Crippen LogP contribution in [0.3, 0.4) is 0 Å². The number of amides is 1. The van der Waals surface area contributed by atoms with Crippen LogP contribution in [0.15, 0.2) is 18.2 Å². The summed E-state index contributed by atoms with van der Waals surface area (Å²) in [5.74, 6) is 1.64. The summed E-state index contributed by atoms with van der Waals surface area (Å²) in [5, 5.41) is 3.25. The van der Waals surface area contributed by atoms with Crippen molar-refractivity contribution >= 4 is 5.91 Å².